The second-order valence-corrected chi connectivity index (χ2v) is 4.86. The van der Waals surface area contributed by atoms with Crippen LogP contribution in [0, 0.1) is 0 Å². The third-order valence-electron chi connectivity index (χ3n) is 1.20. The Hall–Kier alpha value is 0.300. The summed E-state index contributed by atoms with van der Waals surface area (Å²) in [5, 5.41) is 0. The minimum atomic E-state index is -2.96. The lowest BCUT2D eigenvalue weighted by Crippen LogP contribution is -2.18. The molecule has 1 rings (SSSR count). The van der Waals surface area contributed by atoms with Crippen molar-refractivity contribution in [1.82, 2.24) is 0 Å². The summed E-state index contributed by atoms with van der Waals surface area (Å²) in [7, 11) is -1.74. The van der Waals surface area contributed by atoms with Gasteiger partial charge in [-0.3, -0.25) is 12.5 Å². The molecule has 6 nitrogen and oxygen atoms in total. The maximum Gasteiger partial charge on any atom is 0.304 e. The van der Waals surface area contributed by atoms with Gasteiger partial charge in [0.1, 0.15) is 6.10 Å². The van der Waals surface area contributed by atoms with E-state index in [2.05, 4.69) is 8.37 Å². The molecule has 2 atom stereocenters. The topological polar surface area (TPSA) is 85.2 Å². The molecule has 2 N–H and O–H groups in total. The van der Waals surface area contributed by atoms with E-state index < -0.39 is 28.3 Å². The predicted octanol–water partition coefficient (Wildman–Crippen LogP) is 0.292. The zero-order valence-electron chi connectivity index (χ0n) is 6.34. The van der Waals surface area contributed by atoms with E-state index in [4.69, 9.17) is 13.3 Å². The number of hydrogen-bond donors (Lipinski definition) is 2. The third kappa shape index (κ3) is 2.98. The second kappa shape index (κ2) is 4.01. The van der Waals surface area contributed by atoms with E-state index in [1.165, 1.54) is 7.11 Å². The van der Waals surface area contributed by atoms with Crippen LogP contribution in [0.3, 0.4) is 0 Å². The fraction of sp³-hybridized carbons (Fsp3) is 1.00. The summed E-state index contributed by atoms with van der Waals surface area (Å²) in [6, 6.07) is 0. The van der Waals surface area contributed by atoms with Gasteiger partial charge in [-0.15, -0.1) is 0 Å². The van der Waals surface area contributed by atoms with Gasteiger partial charge < -0.3 is 9.11 Å². The summed E-state index contributed by atoms with van der Waals surface area (Å²) in [5.74, 6) is -0.0535. The fourth-order valence-electron chi connectivity index (χ4n) is 0.729. The van der Waals surface area contributed by atoms with Crippen molar-refractivity contribution in [2.45, 2.75) is 6.10 Å². The summed E-state index contributed by atoms with van der Waals surface area (Å²) in [5.41, 5.74) is 0. The van der Waals surface area contributed by atoms with Crippen molar-refractivity contribution in [3.63, 3.8) is 0 Å². The Morgan fingerprint density at radius 2 is 2.33 bits per heavy atom. The third-order valence-corrected chi connectivity index (χ3v) is 3.22. The molecule has 0 amide bonds. The average molecular weight is 218 g/mol. The van der Waals surface area contributed by atoms with Crippen molar-refractivity contribution in [1.29, 1.82) is 0 Å². The lowest BCUT2D eigenvalue weighted by atomic mass is 10.5. The minimum Gasteiger partial charge on any atom is -0.308 e. The summed E-state index contributed by atoms with van der Waals surface area (Å²) >= 11 is -1.84. The van der Waals surface area contributed by atoms with E-state index in [1.54, 1.807) is 0 Å². The van der Waals surface area contributed by atoms with Crippen molar-refractivity contribution in [2.24, 2.45) is 0 Å². The van der Waals surface area contributed by atoms with E-state index in [1.807, 2.05) is 0 Å². The van der Waals surface area contributed by atoms with Crippen LogP contribution in [0.2, 0.25) is 0 Å². The van der Waals surface area contributed by atoms with Crippen LogP contribution in [-0.2, 0) is 23.9 Å². The molecule has 1 fully saturated rings. The summed E-state index contributed by atoms with van der Waals surface area (Å²) in [4.78, 5) is 0. The maximum atomic E-state index is 10.6. The highest BCUT2D eigenvalue weighted by Crippen LogP contribution is 2.46. The predicted molar refractivity (Wildman–Crippen MR) is 43.7 cm³/mol. The first-order valence-electron chi connectivity index (χ1n) is 3.07. The van der Waals surface area contributed by atoms with E-state index >= 15 is 0 Å². The molecule has 0 spiro atoms. The van der Waals surface area contributed by atoms with E-state index in [0.29, 0.717) is 0 Å². The standard InChI is InChI=1S/C4H10O6S2/c1-8-11(5)10-4-2-9-12(6,7)3-4/h4,6-7H,2-3H2,1H3. The van der Waals surface area contributed by atoms with E-state index in [-0.39, 0.29) is 12.4 Å². The first-order valence-corrected chi connectivity index (χ1v) is 5.71. The fourth-order valence-corrected chi connectivity index (χ4v) is 2.35. The van der Waals surface area contributed by atoms with Gasteiger partial charge in [0.15, 0.2) is 0 Å². The van der Waals surface area contributed by atoms with Crippen LogP contribution < -0.4 is 0 Å². The lowest BCUT2D eigenvalue weighted by Gasteiger charge is -2.17. The Labute approximate surface area is 74.2 Å². The monoisotopic (exact) mass is 218 g/mol. The molecule has 0 aromatic heterocycles. The zero-order valence-corrected chi connectivity index (χ0v) is 7.97. The molecule has 0 radical (unpaired) electrons. The SMILES string of the molecule is COS(=O)OC1COS(O)(O)C1. The summed E-state index contributed by atoms with van der Waals surface area (Å²) in [6.07, 6.45) is -0.573. The van der Waals surface area contributed by atoms with Crippen molar-refractivity contribution in [3.05, 3.63) is 0 Å². The Kier molecular flexibility index (Phi) is 3.47. The minimum absolute atomic E-state index is 0.0252. The summed E-state index contributed by atoms with van der Waals surface area (Å²) in [6.45, 7) is 0.0252. The molecular weight excluding hydrogens is 208 g/mol. The molecule has 0 aliphatic carbocycles. The molecule has 0 aromatic rings. The molecule has 1 saturated heterocycles. The Morgan fingerprint density at radius 3 is 2.75 bits per heavy atom. The highest BCUT2D eigenvalue weighted by atomic mass is 32.3. The Morgan fingerprint density at radius 1 is 1.67 bits per heavy atom. The Bertz CT molecular complexity index is 182. The molecule has 1 aliphatic rings. The normalized spacial score (nSPS) is 33.1. The molecule has 74 valence electrons. The number of hydrogen-bond acceptors (Lipinski definition) is 6. The molecule has 2 unspecified atom stereocenters. The van der Waals surface area contributed by atoms with Crippen LogP contribution in [0.5, 0.6) is 0 Å². The van der Waals surface area contributed by atoms with Crippen LogP contribution in [0.15, 0.2) is 0 Å². The van der Waals surface area contributed by atoms with Gasteiger partial charge in [0.25, 0.3) is 0 Å². The quantitative estimate of drug-likeness (QED) is 0.708. The van der Waals surface area contributed by atoms with Crippen molar-refractivity contribution >= 4 is 22.2 Å². The van der Waals surface area contributed by atoms with Crippen LogP contribution in [0.1, 0.15) is 0 Å². The second-order valence-electron chi connectivity index (χ2n) is 2.15. The molecule has 0 saturated carbocycles. The molecular formula is C4H10O6S2. The summed E-state index contributed by atoms with van der Waals surface area (Å²) < 4.78 is 42.2. The Balaban J connectivity index is 2.33. The maximum absolute atomic E-state index is 10.6. The molecule has 1 aliphatic heterocycles. The first-order chi connectivity index (χ1) is 5.53. The van der Waals surface area contributed by atoms with E-state index in [9.17, 15) is 4.21 Å². The van der Waals surface area contributed by atoms with Gasteiger partial charge >= 0.3 is 11.4 Å². The van der Waals surface area contributed by atoms with Crippen LogP contribution >= 0.6 is 10.9 Å². The first kappa shape index (κ1) is 10.4. The van der Waals surface area contributed by atoms with Gasteiger partial charge in [-0.25, -0.2) is 0 Å². The van der Waals surface area contributed by atoms with Crippen LogP contribution in [-0.4, -0.2) is 38.9 Å². The van der Waals surface area contributed by atoms with Crippen molar-refractivity contribution < 1.29 is 25.9 Å². The zero-order chi connectivity index (χ0) is 9.19. The molecule has 0 bridgehead atoms. The molecule has 12 heavy (non-hydrogen) atoms. The van der Waals surface area contributed by atoms with Crippen LogP contribution in [0.4, 0.5) is 0 Å². The van der Waals surface area contributed by atoms with Crippen molar-refractivity contribution in [3.8, 4) is 0 Å². The van der Waals surface area contributed by atoms with Gasteiger partial charge in [-0.05, 0) is 0 Å². The molecule has 0 aromatic carbocycles. The van der Waals surface area contributed by atoms with Gasteiger partial charge in [-0.1, -0.05) is 0 Å². The van der Waals surface area contributed by atoms with E-state index in [0.717, 1.165) is 0 Å². The molecule has 8 heteroatoms. The highest BCUT2D eigenvalue weighted by Gasteiger charge is 2.34. The van der Waals surface area contributed by atoms with Gasteiger partial charge in [0.2, 0.25) is 0 Å². The van der Waals surface area contributed by atoms with Gasteiger partial charge in [-0.2, -0.15) is 4.21 Å². The lowest BCUT2D eigenvalue weighted by molar-refractivity contribution is 0.171. The number of rotatable bonds is 3. The average Bonchev–Trinajstić information content (AvgIpc) is 2.30. The van der Waals surface area contributed by atoms with Gasteiger partial charge in [0, 0.05) is 0 Å². The van der Waals surface area contributed by atoms with Crippen molar-refractivity contribution in [2.75, 3.05) is 19.5 Å². The van der Waals surface area contributed by atoms with Gasteiger partial charge in [0.05, 0.1) is 30.3 Å². The largest absolute Gasteiger partial charge is 0.308 e. The smallest absolute Gasteiger partial charge is 0.304 e. The molecule has 1 heterocycles. The van der Waals surface area contributed by atoms with Crippen LogP contribution in [0.25, 0.3) is 0 Å². The highest BCUT2D eigenvalue weighted by molar-refractivity contribution is 8.20.